The second kappa shape index (κ2) is 7.51. The number of rotatable bonds is 5. The Hall–Kier alpha value is -2.63. The fraction of sp³-hybridized carbons (Fsp3) is 0.0526. The van der Waals surface area contributed by atoms with Crippen molar-refractivity contribution in [2.75, 3.05) is 0 Å². The van der Waals surface area contributed by atoms with E-state index < -0.39 is 5.91 Å². The molecule has 0 aliphatic carbocycles. The van der Waals surface area contributed by atoms with E-state index in [0.29, 0.717) is 16.1 Å². The number of nitrogens with one attached hydrogen (secondary N) is 1. The normalized spacial score (nSPS) is 11.7. The van der Waals surface area contributed by atoms with E-state index in [2.05, 4.69) is 5.32 Å². The van der Waals surface area contributed by atoms with Crippen molar-refractivity contribution >= 4 is 34.8 Å². The maximum absolute atomic E-state index is 12.6. The van der Waals surface area contributed by atoms with Crippen LogP contribution in [-0.2, 0) is 0 Å². The van der Waals surface area contributed by atoms with Gasteiger partial charge in [0.15, 0.2) is 0 Å². The molecule has 0 bridgehead atoms. The summed E-state index contributed by atoms with van der Waals surface area (Å²) in [5.74, 6) is -0.756. The Kier molecular flexibility index (Phi) is 5.16. The summed E-state index contributed by atoms with van der Waals surface area (Å²) >= 11 is 7.53. The van der Waals surface area contributed by atoms with Crippen molar-refractivity contribution in [2.24, 2.45) is 5.73 Å². The molecule has 2 aromatic carbocycles. The minimum absolute atomic E-state index is 0.232. The van der Waals surface area contributed by atoms with Crippen LogP contribution in [0.5, 0.6) is 0 Å². The van der Waals surface area contributed by atoms with Gasteiger partial charge < -0.3 is 11.1 Å². The third-order valence-electron chi connectivity index (χ3n) is 3.74. The number of halogens is 1. The first kappa shape index (κ1) is 17.2. The van der Waals surface area contributed by atoms with E-state index in [1.54, 1.807) is 47.7 Å². The third-order valence-corrected chi connectivity index (χ3v) is 4.93. The summed E-state index contributed by atoms with van der Waals surface area (Å²) in [5.41, 5.74) is 6.99. The molecule has 0 aliphatic rings. The van der Waals surface area contributed by atoms with Gasteiger partial charge in [0.1, 0.15) is 0 Å². The molecule has 3 aromatic rings. The number of thiophene rings is 1. The standard InChI is InChI=1S/C19H15ClN2O2S/c20-15-9-7-12(8-10-15)17(16-2-1-11-25-16)22-19(24)14-5-3-13(4-6-14)18(21)23/h1-11,17H,(H2,21,23)(H,22,24). The zero-order valence-corrected chi connectivity index (χ0v) is 14.7. The molecule has 1 atom stereocenters. The molecule has 3 N–H and O–H groups in total. The number of benzene rings is 2. The first-order chi connectivity index (χ1) is 12.0. The molecule has 2 amide bonds. The van der Waals surface area contributed by atoms with Crippen LogP contribution in [0.15, 0.2) is 66.0 Å². The van der Waals surface area contributed by atoms with Gasteiger partial charge in [0.2, 0.25) is 5.91 Å². The summed E-state index contributed by atoms with van der Waals surface area (Å²) in [7, 11) is 0. The van der Waals surface area contributed by atoms with Crippen LogP contribution in [0.4, 0.5) is 0 Å². The lowest BCUT2D eigenvalue weighted by Crippen LogP contribution is -2.28. The topological polar surface area (TPSA) is 72.2 Å². The highest BCUT2D eigenvalue weighted by Crippen LogP contribution is 2.27. The molecule has 0 spiro atoms. The zero-order valence-electron chi connectivity index (χ0n) is 13.1. The minimum Gasteiger partial charge on any atom is -0.366 e. The maximum Gasteiger partial charge on any atom is 0.252 e. The maximum atomic E-state index is 12.6. The van der Waals surface area contributed by atoms with Gasteiger partial charge in [-0.15, -0.1) is 11.3 Å². The summed E-state index contributed by atoms with van der Waals surface area (Å²) in [4.78, 5) is 24.8. The SMILES string of the molecule is NC(=O)c1ccc(C(=O)NC(c2ccc(Cl)cc2)c2cccs2)cc1. The molecule has 1 unspecified atom stereocenters. The second-order valence-corrected chi connectivity index (χ2v) is 6.83. The lowest BCUT2D eigenvalue weighted by molar-refractivity contribution is 0.0941. The van der Waals surface area contributed by atoms with Crippen molar-refractivity contribution in [2.45, 2.75) is 6.04 Å². The molecule has 25 heavy (non-hydrogen) atoms. The number of carbonyl (C=O) groups is 2. The zero-order chi connectivity index (χ0) is 17.8. The van der Waals surface area contributed by atoms with E-state index >= 15 is 0 Å². The van der Waals surface area contributed by atoms with E-state index in [1.807, 2.05) is 29.6 Å². The second-order valence-electron chi connectivity index (χ2n) is 5.42. The van der Waals surface area contributed by atoms with Crippen LogP contribution < -0.4 is 11.1 Å². The van der Waals surface area contributed by atoms with Gasteiger partial charge in [-0.1, -0.05) is 29.8 Å². The molecular formula is C19H15ClN2O2S. The lowest BCUT2D eigenvalue weighted by Gasteiger charge is -2.18. The van der Waals surface area contributed by atoms with Gasteiger partial charge in [-0.2, -0.15) is 0 Å². The molecule has 126 valence electrons. The number of carbonyl (C=O) groups excluding carboxylic acids is 2. The van der Waals surface area contributed by atoms with Gasteiger partial charge in [-0.05, 0) is 53.4 Å². The molecule has 3 rings (SSSR count). The average molecular weight is 371 g/mol. The van der Waals surface area contributed by atoms with E-state index in [0.717, 1.165) is 10.4 Å². The fourth-order valence-electron chi connectivity index (χ4n) is 2.43. The Balaban J connectivity index is 1.86. The summed E-state index contributed by atoms with van der Waals surface area (Å²) in [6.45, 7) is 0. The quantitative estimate of drug-likeness (QED) is 0.712. The predicted octanol–water partition coefficient (Wildman–Crippen LogP) is 4.02. The highest BCUT2D eigenvalue weighted by atomic mass is 35.5. The summed E-state index contributed by atoms with van der Waals surface area (Å²) in [6, 6.07) is 17.3. The van der Waals surface area contributed by atoms with Gasteiger partial charge >= 0.3 is 0 Å². The van der Waals surface area contributed by atoms with Crippen LogP contribution in [-0.4, -0.2) is 11.8 Å². The van der Waals surface area contributed by atoms with E-state index in [1.165, 1.54) is 0 Å². The van der Waals surface area contributed by atoms with Crippen molar-refractivity contribution < 1.29 is 9.59 Å². The molecule has 4 nitrogen and oxygen atoms in total. The average Bonchev–Trinajstić information content (AvgIpc) is 3.15. The van der Waals surface area contributed by atoms with Gasteiger partial charge in [0.05, 0.1) is 6.04 Å². The Bertz CT molecular complexity index is 875. The van der Waals surface area contributed by atoms with Crippen LogP contribution in [0, 0.1) is 0 Å². The number of hydrogen-bond donors (Lipinski definition) is 2. The van der Waals surface area contributed by atoms with Crippen LogP contribution >= 0.6 is 22.9 Å². The van der Waals surface area contributed by atoms with Crippen LogP contribution in [0.1, 0.15) is 37.2 Å². The molecule has 0 saturated carbocycles. The summed E-state index contributed by atoms with van der Waals surface area (Å²) < 4.78 is 0. The van der Waals surface area contributed by atoms with Crippen molar-refractivity contribution in [1.29, 1.82) is 0 Å². The minimum atomic E-state index is -0.524. The Morgan fingerprint density at radius 3 is 2.16 bits per heavy atom. The molecular weight excluding hydrogens is 356 g/mol. The Labute approximate surface area is 154 Å². The van der Waals surface area contributed by atoms with Gasteiger partial charge in [0.25, 0.3) is 5.91 Å². The van der Waals surface area contributed by atoms with Crippen molar-refractivity contribution in [3.8, 4) is 0 Å². The fourth-order valence-corrected chi connectivity index (χ4v) is 3.36. The molecule has 1 heterocycles. The highest BCUT2D eigenvalue weighted by molar-refractivity contribution is 7.10. The highest BCUT2D eigenvalue weighted by Gasteiger charge is 2.19. The number of primary amides is 1. The molecule has 6 heteroatoms. The van der Waals surface area contributed by atoms with Crippen molar-refractivity contribution in [3.63, 3.8) is 0 Å². The van der Waals surface area contributed by atoms with E-state index in [9.17, 15) is 9.59 Å². The number of amides is 2. The Morgan fingerprint density at radius 1 is 0.960 bits per heavy atom. The van der Waals surface area contributed by atoms with Crippen LogP contribution in [0.3, 0.4) is 0 Å². The first-order valence-corrected chi connectivity index (χ1v) is 8.80. The first-order valence-electron chi connectivity index (χ1n) is 7.54. The predicted molar refractivity (Wildman–Crippen MR) is 100 cm³/mol. The monoisotopic (exact) mass is 370 g/mol. The number of nitrogens with two attached hydrogens (primary N) is 1. The number of hydrogen-bond acceptors (Lipinski definition) is 3. The Morgan fingerprint density at radius 2 is 1.60 bits per heavy atom. The largest absolute Gasteiger partial charge is 0.366 e. The van der Waals surface area contributed by atoms with E-state index in [4.69, 9.17) is 17.3 Å². The molecule has 1 aromatic heterocycles. The molecule has 0 fully saturated rings. The van der Waals surface area contributed by atoms with Crippen molar-refractivity contribution in [3.05, 3.63) is 92.6 Å². The lowest BCUT2D eigenvalue weighted by atomic mass is 10.0. The van der Waals surface area contributed by atoms with Gasteiger partial charge in [-0.3, -0.25) is 9.59 Å². The van der Waals surface area contributed by atoms with Crippen molar-refractivity contribution in [1.82, 2.24) is 5.32 Å². The third kappa shape index (κ3) is 4.07. The molecule has 0 radical (unpaired) electrons. The molecule has 0 aliphatic heterocycles. The smallest absolute Gasteiger partial charge is 0.252 e. The van der Waals surface area contributed by atoms with Gasteiger partial charge in [0, 0.05) is 21.0 Å². The molecule has 0 saturated heterocycles. The van der Waals surface area contributed by atoms with Crippen LogP contribution in [0.25, 0.3) is 0 Å². The van der Waals surface area contributed by atoms with Crippen LogP contribution in [0.2, 0.25) is 5.02 Å². The van der Waals surface area contributed by atoms with E-state index in [-0.39, 0.29) is 11.9 Å². The van der Waals surface area contributed by atoms with Gasteiger partial charge in [-0.25, -0.2) is 0 Å². The summed E-state index contributed by atoms with van der Waals surface area (Å²) in [6.07, 6.45) is 0. The summed E-state index contributed by atoms with van der Waals surface area (Å²) in [5, 5.41) is 5.64.